The first-order valence-electron chi connectivity index (χ1n) is 17.1. The molecule has 0 unspecified atom stereocenters. The minimum atomic E-state index is -0.635. The highest BCUT2D eigenvalue weighted by Gasteiger charge is 2.56. The van der Waals surface area contributed by atoms with Crippen LogP contribution in [-0.2, 0) is 16.0 Å². The van der Waals surface area contributed by atoms with Crippen LogP contribution in [0.15, 0.2) is 77.6 Å². The molecule has 0 radical (unpaired) electrons. The van der Waals surface area contributed by atoms with Crippen molar-refractivity contribution in [2.24, 2.45) is 23.2 Å². The molecule has 4 aliphatic rings. The number of nitrogens with one attached hydrogen (secondary N) is 2. The van der Waals surface area contributed by atoms with E-state index in [1.807, 2.05) is 63.2 Å². The van der Waals surface area contributed by atoms with E-state index >= 15 is 0 Å². The molecule has 254 valence electrons. The number of amides is 2. The number of hydrogen-bond donors (Lipinski definition) is 2. The lowest BCUT2D eigenvalue weighted by Gasteiger charge is -2.60. The summed E-state index contributed by atoms with van der Waals surface area (Å²) >= 11 is 6.36. The Hall–Kier alpha value is -4.43. The van der Waals surface area contributed by atoms with Crippen molar-refractivity contribution in [1.29, 1.82) is 0 Å². The molecule has 8 rings (SSSR count). The maximum absolute atomic E-state index is 14.0. The molecule has 3 aromatic carbocycles. The number of hydrogen-bond acceptors (Lipinski definition) is 5. The van der Waals surface area contributed by atoms with Crippen LogP contribution in [0.1, 0.15) is 84.8 Å². The molecular formula is C40H42ClN3O5. The van der Waals surface area contributed by atoms with E-state index in [9.17, 15) is 19.2 Å². The lowest BCUT2D eigenvalue weighted by atomic mass is 9.51. The van der Waals surface area contributed by atoms with Gasteiger partial charge in [0.1, 0.15) is 5.69 Å². The van der Waals surface area contributed by atoms with Crippen molar-refractivity contribution < 1.29 is 19.1 Å². The van der Waals surface area contributed by atoms with Crippen molar-refractivity contribution in [3.8, 4) is 5.69 Å². The molecule has 49 heavy (non-hydrogen) atoms. The van der Waals surface area contributed by atoms with Crippen LogP contribution in [0.25, 0.3) is 16.6 Å². The summed E-state index contributed by atoms with van der Waals surface area (Å²) in [5.41, 5.74) is 2.06. The van der Waals surface area contributed by atoms with Gasteiger partial charge in [0.15, 0.2) is 5.43 Å². The van der Waals surface area contributed by atoms with Crippen LogP contribution in [-0.4, -0.2) is 41.0 Å². The van der Waals surface area contributed by atoms with Gasteiger partial charge < -0.3 is 19.9 Å². The second-order valence-corrected chi connectivity index (χ2v) is 15.7. The van der Waals surface area contributed by atoms with Gasteiger partial charge in [0, 0.05) is 50.6 Å². The summed E-state index contributed by atoms with van der Waals surface area (Å²) in [4.78, 5) is 53.9. The summed E-state index contributed by atoms with van der Waals surface area (Å²) in [6, 6.07) is 21.7. The van der Waals surface area contributed by atoms with Crippen LogP contribution in [0, 0.1) is 23.2 Å². The molecule has 9 heteroatoms. The van der Waals surface area contributed by atoms with Crippen LogP contribution < -0.4 is 16.1 Å². The van der Waals surface area contributed by atoms with Gasteiger partial charge in [-0.25, -0.2) is 4.79 Å². The summed E-state index contributed by atoms with van der Waals surface area (Å²) < 4.78 is 6.94. The number of esters is 1. The van der Waals surface area contributed by atoms with E-state index in [2.05, 4.69) is 10.6 Å². The fraction of sp³-hybridized carbons (Fsp3) is 0.400. The molecule has 0 aliphatic heterocycles. The SMILES string of the molecule is COC(=O)c1c(Cc2ccc(C(=O)N[C@@H]3[C@@H]4C[C@@H]5C[C@H]3C[C@@](NC(=O)C(C)(C)C)(C5)C4)cc2)c(=O)c2ccc(Cl)cc2n1-c1ccccc1. The van der Waals surface area contributed by atoms with Crippen LogP contribution in [0.3, 0.4) is 0 Å². The number of halogens is 1. The Morgan fingerprint density at radius 1 is 0.939 bits per heavy atom. The highest BCUT2D eigenvalue weighted by molar-refractivity contribution is 6.31. The Kier molecular flexibility index (Phi) is 8.42. The molecule has 4 fully saturated rings. The Morgan fingerprint density at radius 3 is 2.24 bits per heavy atom. The first-order valence-corrected chi connectivity index (χ1v) is 17.5. The normalized spacial score (nSPS) is 24.1. The maximum atomic E-state index is 14.0. The van der Waals surface area contributed by atoms with Gasteiger partial charge in [0.2, 0.25) is 5.91 Å². The molecule has 2 amide bonds. The third-order valence-corrected chi connectivity index (χ3v) is 11.1. The van der Waals surface area contributed by atoms with Gasteiger partial charge in [0.25, 0.3) is 5.91 Å². The lowest BCUT2D eigenvalue weighted by Crippen LogP contribution is -2.67. The predicted octanol–water partition coefficient (Wildman–Crippen LogP) is 6.86. The van der Waals surface area contributed by atoms with Crippen LogP contribution in [0.2, 0.25) is 5.02 Å². The van der Waals surface area contributed by atoms with Gasteiger partial charge in [-0.3, -0.25) is 14.4 Å². The highest BCUT2D eigenvalue weighted by Crippen LogP contribution is 2.56. The molecule has 1 aromatic heterocycles. The zero-order chi connectivity index (χ0) is 34.7. The first-order chi connectivity index (χ1) is 23.4. The molecule has 0 saturated heterocycles. The molecule has 4 aromatic rings. The average Bonchev–Trinajstić information content (AvgIpc) is 3.06. The fourth-order valence-electron chi connectivity index (χ4n) is 8.78. The zero-order valence-electron chi connectivity index (χ0n) is 28.3. The third kappa shape index (κ3) is 6.16. The van der Waals surface area contributed by atoms with Gasteiger partial charge in [-0.2, -0.15) is 0 Å². The number of aromatic nitrogens is 1. The van der Waals surface area contributed by atoms with Gasteiger partial charge in [-0.05, 0) is 97.9 Å². The largest absolute Gasteiger partial charge is 0.464 e. The van der Waals surface area contributed by atoms with Crippen molar-refractivity contribution in [2.75, 3.05) is 7.11 Å². The third-order valence-electron chi connectivity index (χ3n) is 10.8. The number of carbonyl (C=O) groups excluding carboxylic acids is 3. The summed E-state index contributed by atoms with van der Waals surface area (Å²) in [7, 11) is 1.30. The molecule has 2 N–H and O–H groups in total. The number of para-hydroxylation sites is 1. The molecule has 1 heterocycles. The number of methoxy groups -OCH3 is 1. The van der Waals surface area contributed by atoms with Crippen molar-refractivity contribution in [1.82, 2.24) is 15.2 Å². The summed E-state index contributed by atoms with van der Waals surface area (Å²) in [6.07, 6.45) is 5.14. The smallest absolute Gasteiger partial charge is 0.355 e. The van der Waals surface area contributed by atoms with E-state index < -0.39 is 11.4 Å². The lowest BCUT2D eigenvalue weighted by molar-refractivity contribution is -0.135. The topological polar surface area (TPSA) is 106 Å². The van der Waals surface area contributed by atoms with Crippen molar-refractivity contribution in [3.63, 3.8) is 0 Å². The quantitative estimate of drug-likeness (QED) is 0.208. The van der Waals surface area contributed by atoms with Crippen LogP contribution in [0.4, 0.5) is 0 Å². The zero-order valence-corrected chi connectivity index (χ0v) is 29.1. The summed E-state index contributed by atoms with van der Waals surface area (Å²) in [5.74, 6) is 0.590. The molecule has 8 nitrogen and oxygen atoms in total. The minimum absolute atomic E-state index is 0.0774. The minimum Gasteiger partial charge on any atom is -0.464 e. The molecule has 0 spiro atoms. The average molecular weight is 680 g/mol. The number of fused-ring (bicyclic) bond motifs is 1. The number of benzene rings is 3. The van der Waals surface area contributed by atoms with E-state index in [1.165, 1.54) is 7.11 Å². The van der Waals surface area contributed by atoms with Crippen molar-refractivity contribution >= 4 is 40.3 Å². The Morgan fingerprint density at radius 2 is 1.61 bits per heavy atom. The van der Waals surface area contributed by atoms with Gasteiger partial charge in [-0.15, -0.1) is 0 Å². The Labute approximate surface area is 291 Å². The molecule has 4 aliphatic carbocycles. The number of carbonyl (C=O) groups is 3. The van der Waals surface area contributed by atoms with Gasteiger partial charge in [0.05, 0.1) is 12.6 Å². The molecule has 5 atom stereocenters. The number of ether oxygens (including phenoxy) is 1. The second-order valence-electron chi connectivity index (χ2n) is 15.3. The number of nitrogens with zero attached hydrogens (tertiary/aromatic N) is 1. The van der Waals surface area contributed by atoms with E-state index in [1.54, 1.807) is 34.9 Å². The summed E-state index contributed by atoms with van der Waals surface area (Å²) in [6.45, 7) is 5.86. The fourth-order valence-corrected chi connectivity index (χ4v) is 8.95. The monoisotopic (exact) mass is 679 g/mol. The van der Waals surface area contributed by atoms with Crippen molar-refractivity contribution in [2.45, 2.75) is 70.9 Å². The first kappa shape index (κ1) is 33.1. The van der Waals surface area contributed by atoms with Gasteiger partial charge >= 0.3 is 5.97 Å². The summed E-state index contributed by atoms with van der Waals surface area (Å²) in [5, 5.41) is 7.66. The second kappa shape index (κ2) is 12.5. The molecule has 4 saturated carbocycles. The predicted molar refractivity (Wildman–Crippen MR) is 190 cm³/mol. The number of pyridine rings is 1. The molecular weight excluding hydrogens is 638 g/mol. The molecule has 4 bridgehead atoms. The van der Waals surface area contributed by atoms with Crippen LogP contribution >= 0.6 is 11.6 Å². The number of rotatable bonds is 7. The maximum Gasteiger partial charge on any atom is 0.355 e. The van der Waals surface area contributed by atoms with E-state index in [4.69, 9.17) is 16.3 Å². The van der Waals surface area contributed by atoms with Crippen molar-refractivity contribution in [3.05, 3.63) is 110 Å². The van der Waals surface area contributed by atoms with Crippen LogP contribution in [0.5, 0.6) is 0 Å². The Bertz CT molecular complexity index is 2000. The van der Waals surface area contributed by atoms with Gasteiger partial charge in [-0.1, -0.05) is 62.7 Å². The van der Waals surface area contributed by atoms with E-state index in [-0.39, 0.29) is 40.9 Å². The van der Waals surface area contributed by atoms with E-state index in [0.717, 1.165) is 37.7 Å². The van der Waals surface area contributed by atoms with E-state index in [0.29, 0.717) is 50.5 Å². The highest BCUT2D eigenvalue weighted by atomic mass is 35.5. The Balaban J connectivity index is 1.14. The standard InChI is InChI=1S/C40H42ClN3O5/c1-39(2,3)38(48)43-40-20-24-16-26(21-40)33(27(17-24)22-40)42-36(46)25-12-10-23(11-13-25)18-31-34(37(47)49-4)44(29-8-6-5-7-9-29)32-19-28(41)14-15-30(32)35(31)45/h5-15,19,24,26-27,33H,16-18,20-22H2,1-4H3,(H,42,46)(H,43,48)/t24-,26-,27+,33-,40-.